The predicted molar refractivity (Wildman–Crippen MR) is 159 cm³/mol. The van der Waals surface area contributed by atoms with Crippen LogP contribution in [0.2, 0.25) is 0 Å². The molecule has 3 N–H and O–H groups in total. The van der Waals surface area contributed by atoms with E-state index in [2.05, 4.69) is 46.2 Å². The summed E-state index contributed by atoms with van der Waals surface area (Å²) in [5.74, 6) is -0.673. The van der Waals surface area contributed by atoms with Crippen LogP contribution in [-0.2, 0) is 15.8 Å². The zero-order valence-electron chi connectivity index (χ0n) is 23.7. The van der Waals surface area contributed by atoms with Crippen LogP contribution >= 0.6 is 11.8 Å². The van der Waals surface area contributed by atoms with Crippen molar-refractivity contribution in [3.8, 4) is 6.01 Å². The van der Waals surface area contributed by atoms with E-state index in [0.717, 1.165) is 43.8 Å². The minimum Gasteiger partial charge on any atom is -0.478 e. The maximum absolute atomic E-state index is 12.2. The number of anilines is 1. The minimum atomic E-state index is -4.43. The van der Waals surface area contributed by atoms with Crippen molar-refractivity contribution in [1.82, 2.24) is 24.6 Å². The first-order chi connectivity index (χ1) is 20.0. The first-order valence-electron chi connectivity index (χ1n) is 12.9. The van der Waals surface area contributed by atoms with Gasteiger partial charge in [-0.2, -0.15) is 15.0 Å². The van der Waals surface area contributed by atoms with E-state index in [1.165, 1.54) is 43.5 Å². The summed E-state index contributed by atoms with van der Waals surface area (Å²) in [6, 6.07) is 13.8. The van der Waals surface area contributed by atoms with Crippen molar-refractivity contribution in [2.45, 2.75) is 44.3 Å². The Morgan fingerprint density at radius 2 is 1.57 bits per heavy atom. The predicted octanol–water partition coefficient (Wildman–Crippen LogP) is 4.56. The molecule has 1 aromatic heterocycles. The van der Waals surface area contributed by atoms with Crippen LogP contribution in [0.1, 0.15) is 48.4 Å². The zero-order chi connectivity index (χ0) is 31.1. The Labute approximate surface area is 249 Å². The van der Waals surface area contributed by atoms with E-state index < -0.39 is 32.5 Å². The highest BCUT2D eigenvalue weighted by molar-refractivity contribution is 8.12. The molecule has 13 nitrogen and oxygen atoms in total. The van der Waals surface area contributed by atoms with Crippen molar-refractivity contribution in [1.29, 1.82) is 0 Å². The topological polar surface area (TPSA) is 181 Å². The fourth-order valence-electron chi connectivity index (χ4n) is 3.43. The molecule has 0 radical (unpaired) electrons. The van der Waals surface area contributed by atoms with Crippen LogP contribution < -0.4 is 14.8 Å². The number of urea groups is 1. The molecule has 1 heterocycles. The second kappa shape index (κ2) is 16.9. The molecule has 0 bridgehead atoms. The number of rotatable bonds is 11. The average Bonchev–Trinajstić information content (AvgIpc) is 2.96. The molecule has 0 aliphatic heterocycles. The highest BCUT2D eigenvalue weighted by Gasteiger charge is 2.24. The standard InChI is InChI=1S/C14H21NOS.C13H13N5O6S/c1-3-10-15(11-4-2)14(16)17-12-13-8-6-5-7-9-13;1-7-14-11(17-13(15-7)24-2)16-12(21)18-25(22,23)9-6-4-3-5-8(9)10(19)20/h5-9H,3-4,10-12H2,1-2H3;3-6H,1-2H3,(H,19,20)(H2,14,15,16,17,18,21). The van der Waals surface area contributed by atoms with Gasteiger partial charge in [-0.1, -0.05) is 68.1 Å². The summed E-state index contributed by atoms with van der Waals surface area (Å²) in [7, 11) is -3.11. The molecule has 0 unspecified atom stereocenters. The largest absolute Gasteiger partial charge is 0.478 e. The van der Waals surface area contributed by atoms with Crippen LogP contribution in [0.3, 0.4) is 0 Å². The number of benzene rings is 2. The molecule has 3 rings (SSSR count). The van der Waals surface area contributed by atoms with Crippen LogP contribution in [-0.4, -0.2) is 70.8 Å². The lowest BCUT2D eigenvalue weighted by Gasteiger charge is -2.20. The fraction of sp³-hybridized carbons (Fsp3) is 0.333. The Bertz CT molecular complexity index is 1450. The van der Waals surface area contributed by atoms with E-state index in [0.29, 0.717) is 0 Å². The number of methoxy groups -OCH3 is 1. The lowest BCUT2D eigenvalue weighted by atomic mass is 10.2. The van der Waals surface area contributed by atoms with Gasteiger partial charge in [0, 0.05) is 18.8 Å². The van der Waals surface area contributed by atoms with E-state index >= 15 is 0 Å². The summed E-state index contributed by atoms with van der Waals surface area (Å²) in [5.41, 5.74) is 0.735. The molecule has 0 aliphatic rings. The molecular formula is C27H34N6O7S2. The number of aryl methyl sites for hydroxylation is 1. The van der Waals surface area contributed by atoms with Gasteiger partial charge in [-0.25, -0.2) is 22.7 Å². The summed E-state index contributed by atoms with van der Waals surface area (Å²) in [6.07, 6.45) is 2.05. The van der Waals surface area contributed by atoms with E-state index in [4.69, 9.17) is 9.84 Å². The van der Waals surface area contributed by atoms with Gasteiger partial charge < -0.3 is 14.7 Å². The Hall–Kier alpha value is -4.24. The maximum atomic E-state index is 12.2. The number of nitrogens with one attached hydrogen (secondary N) is 2. The van der Waals surface area contributed by atoms with Gasteiger partial charge >= 0.3 is 18.0 Å². The molecule has 0 spiro atoms. The van der Waals surface area contributed by atoms with E-state index in [9.17, 15) is 22.8 Å². The molecule has 2 aromatic carbocycles. The Balaban J connectivity index is 0.000000317. The molecule has 0 fully saturated rings. The lowest BCUT2D eigenvalue weighted by Crippen LogP contribution is -2.35. The highest BCUT2D eigenvalue weighted by Crippen LogP contribution is 2.17. The number of carboxylic acid groups (broad SMARTS) is 1. The summed E-state index contributed by atoms with van der Waals surface area (Å²) >= 11 is 1.40. The second-order valence-electron chi connectivity index (χ2n) is 8.58. The highest BCUT2D eigenvalue weighted by atomic mass is 32.2. The molecule has 0 atom stereocenters. The van der Waals surface area contributed by atoms with Crippen molar-refractivity contribution in [2.75, 3.05) is 25.5 Å². The summed E-state index contributed by atoms with van der Waals surface area (Å²) < 4.78 is 31.0. The minimum absolute atomic E-state index is 0.0677. The maximum Gasteiger partial charge on any atom is 0.337 e. The van der Waals surface area contributed by atoms with Gasteiger partial charge in [0.2, 0.25) is 5.95 Å². The molecule has 42 heavy (non-hydrogen) atoms. The van der Waals surface area contributed by atoms with Crippen LogP contribution in [0.15, 0.2) is 59.5 Å². The number of nitrogens with zero attached hydrogens (tertiary/aromatic N) is 4. The lowest BCUT2D eigenvalue weighted by molar-refractivity contribution is 0.0692. The zero-order valence-corrected chi connectivity index (χ0v) is 25.4. The van der Waals surface area contributed by atoms with Crippen LogP contribution in [0, 0.1) is 6.92 Å². The Morgan fingerprint density at radius 3 is 2.17 bits per heavy atom. The third-order valence-corrected chi connectivity index (χ3v) is 7.59. The molecule has 0 saturated heterocycles. The summed E-state index contributed by atoms with van der Waals surface area (Å²) in [6.45, 7) is 7.48. The third kappa shape index (κ3) is 11.0. The summed E-state index contributed by atoms with van der Waals surface area (Å²) in [4.78, 5) is 47.8. The normalized spacial score (nSPS) is 10.6. The van der Waals surface area contributed by atoms with E-state index in [1.54, 1.807) is 4.72 Å². The number of thioether (sulfide) groups is 1. The third-order valence-electron chi connectivity index (χ3n) is 5.22. The van der Waals surface area contributed by atoms with Crippen molar-refractivity contribution in [3.63, 3.8) is 0 Å². The van der Waals surface area contributed by atoms with Crippen molar-refractivity contribution < 1.29 is 32.6 Å². The first kappa shape index (κ1) is 34.0. The van der Waals surface area contributed by atoms with Gasteiger partial charge in [0.05, 0.1) is 12.7 Å². The number of carbonyl (C=O) groups is 3. The van der Waals surface area contributed by atoms with Crippen LogP contribution in [0.5, 0.6) is 6.01 Å². The Morgan fingerprint density at radius 1 is 0.952 bits per heavy atom. The number of hydrogen-bond donors (Lipinski definition) is 3. The fourth-order valence-corrected chi connectivity index (χ4v) is 5.39. The van der Waals surface area contributed by atoms with Gasteiger partial charge in [-0.15, -0.1) is 0 Å². The number of hydrogen-bond acceptors (Lipinski definition) is 10. The molecule has 0 aliphatic carbocycles. The van der Waals surface area contributed by atoms with Crippen molar-refractivity contribution in [2.24, 2.45) is 0 Å². The summed E-state index contributed by atoms with van der Waals surface area (Å²) in [5, 5.41) is 11.4. The molecule has 226 valence electrons. The van der Waals surface area contributed by atoms with Gasteiger partial charge in [0.1, 0.15) is 10.7 Å². The number of amides is 3. The van der Waals surface area contributed by atoms with Crippen molar-refractivity contribution >= 4 is 45.0 Å². The second-order valence-corrected chi connectivity index (χ2v) is 11.2. The Kier molecular flexibility index (Phi) is 13.7. The quantitative estimate of drug-likeness (QED) is 0.274. The molecule has 15 heteroatoms. The van der Waals surface area contributed by atoms with Gasteiger partial charge in [0.15, 0.2) is 0 Å². The number of aromatic nitrogens is 3. The number of aromatic carboxylic acids is 1. The number of carboxylic acids is 1. The molecular weight excluding hydrogens is 584 g/mol. The monoisotopic (exact) mass is 618 g/mol. The van der Waals surface area contributed by atoms with Crippen molar-refractivity contribution in [3.05, 3.63) is 71.5 Å². The van der Waals surface area contributed by atoms with Crippen LogP contribution in [0.25, 0.3) is 0 Å². The SMILES string of the molecule is CCCN(CCC)C(=O)SCc1ccccc1.COc1nc(C)nc(NC(=O)NS(=O)(=O)c2ccccc2C(=O)O)n1. The number of ether oxygens (including phenoxy) is 1. The van der Waals surface area contributed by atoms with Gasteiger partial charge in [0.25, 0.3) is 15.3 Å². The molecule has 3 aromatic rings. The number of carbonyl (C=O) groups excluding carboxylic acids is 2. The average molecular weight is 619 g/mol. The van der Waals surface area contributed by atoms with Gasteiger partial charge in [-0.05, 0) is 37.5 Å². The van der Waals surface area contributed by atoms with Gasteiger partial charge in [-0.3, -0.25) is 10.1 Å². The molecule has 3 amide bonds. The van der Waals surface area contributed by atoms with Crippen LogP contribution in [0.4, 0.5) is 15.5 Å². The first-order valence-corrected chi connectivity index (χ1v) is 15.4. The molecule has 0 saturated carbocycles. The number of sulfonamides is 1. The smallest absolute Gasteiger partial charge is 0.337 e. The van der Waals surface area contributed by atoms with E-state index in [1.807, 2.05) is 23.1 Å². The van der Waals surface area contributed by atoms with E-state index in [-0.39, 0.29) is 23.0 Å².